The van der Waals surface area contributed by atoms with Gasteiger partial charge in [-0.1, -0.05) is 96.2 Å². The molecule has 1 aliphatic rings. The summed E-state index contributed by atoms with van der Waals surface area (Å²) >= 11 is 1.23. The number of esters is 1. The number of ether oxygens (including phenoxy) is 1. The van der Waals surface area contributed by atoms with E-state index in [0.29, 0.717) is 5.13 Å². The Morgan fingerprint density at radius 3 is 1.88 bits per heavy atom. The van der Waals surface area contributed by atoms with Gasteiger partial charge in [-0.3, -0.25) is 9.59 Å². The lowest BCUT2D eigenvalue weighted by molar-refractivity contribution is -0.179. The molecule has 4 aromatic rings. The minimum absolute atomic E-state index is 0.111. The van der Waals surface area contributed by atoms with Crippen LogP contribution in [0.5, 0.6) is 0 Å². The molecule has 0 aliphatic carbocycles. The summed E-state index contributed by atoms with van der Waals surface area (Å²) in [6.07, 6.45) is 0. The first-order chi connectivity index (χ1) is 22.8. The zero-order chi connectivity index (χ0) is 34.5. The van der Waals surface area contributed by atoms with Crippen molar-refractivity contribution in [3.8, 4) is 0 Å². The van der Waals surface area contributed by atoms with Crippen molar-refractivity contribution in [2.24, 2.45) is 5.16 Å². The highest BCUT2D eigenvalue weighted by atomic mass is 32.1. The van der Waals surface area contributed by atoms with Crippen LogP contribution in [0.3, 0.4) is 0 Å². The lowest BCUT2D eigenvalue weighted by Crippen LogP contribution is -2.70. The van der Waals surface area contributed by atoms with Crippen LogP contribution in [-0.2, 0) is 29.5 Å². The van der Waals surface area contributed by atoms with Gasteiger partial charge in [-0.15, -0.1) is 11.3 Å². The molecule has 1 saturated heterocycles. The molecule has 48 heavy (non-hydrogen) atoms. The highest BCUT2D eigenvalue weighted by Crippen LogP contribution is 2.40. The topological polar surface area (TPSA) is 131 Å². The zero-order valence-electron chi connectivity index (χ0n) is 27.3. The molecule has 3 aromatic carbocycles. The molecule has 0 radical (unpaired) electrons. The van der Waals surface area contributed by atoms with Gasteiger partial charge in [0.05, 0.1) is 6.04 Å². The second-order valence-electron chi connectivity index (χ2n) is 12.8. The maximum atomic E-state index is 13.6. The summed E-state index contributed by atoms with van der Waals surface area (Å²) < 4.78 is 18.9. The molecule has 5 rings (SSSR count). The number of rotatable bonds is 12. The minimum atomic E-state index is -1.59. The number of hydrogen-bond acceptors (Lipinski definition) is 9. The van der Waals surface area contributed by atoms with Gasteiger partial charge >= 0.3 is 5.97 Å². The van der Waals surface area contributed by atoms with E-state index in [4.69, 9.17) is 14.6 Å². The van der Waals surface area contributed by atoms with Gasteiger partial charge in [0, 0.05) is 5.38 Å². The van der Waals surface area contributed by atoms with Crippen LogP contribution < -0.4 is 16.0 Å². The van der Waals surface area contributed by atoms with Crippen LogP contribution in [-0.4, -0.2) is 58.4 Å². The fourth-order valence-electron chi connectivity index (χ4n) is 5.13. The molecule has 250 valence electrons. The quantitative estimate of drug-likeness (QED) is 0.0610. The van der Waals surface area contributed by atoms with Crippen molar-refractivity contribution >= 4 is 40.0 Å². The van der Waals surface area contributed by atoms with Crippen molar-refractivity contribution in [3.63, 3.8) is 0 Å². The van der Waals surface area contributed by atoms with Crippen LogP contribution in [0.1, 0.15) is 57.0 Å². The fraction of sp³-hybridized carbons (Fsp3) is 0.306. The molecule has 3 N–H and O–H groups in total. The number of nitrogens with one attached hydrogen (secondary N) is 3. The van der Waals surface area contributed by atoms with E-state index in [1.807, 2.05) is 91.0 Å². The molecule has 0 spiro atoms. The highest BCUT2D eigenvalue weighted by molar-refractivity contribution is 7.14. The second kappa shape index (κ2) is 13.9. The number of amides is 2. The first-order valence-electron chi connectivity index (χ1n) is 15.4. The second-order valence-corrected chi connectivity index (χ2v) is 13.6. The molecule has 1 aliphatic heterocycles. The molecule has 1 aromatic heterocycles. The van der Waals surface area contributed by atoms with E-state index < -0.39 is 53.3 Å². The maximum Gasteiger partial charge on any atom is 0.353 e. The van der Waals surface area contributed by atoms with Crippen molar-refractivity contribution in [2.45, 2.75) is 63.4 Å². The highest BCUT2D eigenvalue weighted by Gasteiger charge is 2.42. The third-order valence-electron chi connectivity index (χ3n) is 7.60. The average Bonchev–Trinajstić information content (AvgIpc) is 3.53. The van der Waals surface area contributed by atoms with Crippen LogP contribution in [0.4, 0.5) is 9.52 Å². The Hall–Kier alpha value is -5.10. The van der Waals surface area contributed by atoms with Crippen molar-refractivity contribution in [3.05, 3.63) is 119 Å². The van der Waals surface area contributed by atoms with E-state index in [1.165, 1.54) is 25.2 Å². The number of aromatic nitrogens is 1. The first-order valence-corrected chi connectivity index (χ1v) is 16.3. The molecule has 1 fully saturated rings. The summed E-state index contributed by atoms with van der Waals surface area (Å²) in [6.45, 7) is 7.21. The number of benzene rings is 3. The summed E-state index contributed by atoms with van der Waals surface area (Å²) in [5, 5.41) is 14.7. The first kappa shape index (κ1) is 34.2. The van der Waals surface area contributed by atoms with Crippen molar-refractivity contribution in [2.75, 3.05) is 12.0 Å². The third kappa shape index (κ3) is 7.38. The number of hydrogen-bond donors (Lipinski definition) is 3. The number of carbonyl (C=O) groups excluding carboxylic acids is 3. The third-order valence-corrected chi connectivity index (χ3v) is 8.36. The normalized spacial score (nSPS) is 16.7. The predicted octanol–water partition coefficient (Wildman–Crippen LogP) is 5.34. The number of oxime groups is 1. The van der Waals surface area contributed by atoms with Gasteiger partial charge < -0.3 is 25.5 Å². The Bertz CT molecular complexity index is 1680. The minimum Gasteiger partial charge on any atom is -0.457 e. The van der Waals surface area contributed by atoms with Gasteiger partial charge in [0.15, 0.2) is 10.8 Å². The molecular weight excluding hydrogens is 633 g/mol. The van der Waals surface area contributed by atoms with Gasteiger partial charge in [-0.05, 0) is 51.3 Å². The van der Waals surface area contributed by atoms with Crippen LogP contribution in [0, 0.1) is 0 Å². The van der Waals surface area contributed by atoms with Gasteiger partial charge in [-0.2, -0.15) is 0 Å². The van der Waals surface area contributed by atoms with Gasteiger partial charge in [0.2, 0.25) is 11.5 Å². The molecule has 2 atom stereocenters. The van der Waals surface area contributed by atoms with Gasteiger partial charge in [0.1, 0.15) is 29.6 Å². The molecule has 2 heterocycles. The van der Waals surface area contributed by atoms with Gasteiger partial charge in [-0.25, -0.2) is 14.2 Å². The summed E-state index contributed by atoms with van der Waals surface area (Å²) in [5.74, 6) is -2.06. The number of thiazole rings is 1. The smallest absolute Gasteiger partial charge is 0.353 e. The monoisotopic (exact) mass is 671 g/mol. The number of halogens is 1. The van der Waals surface area contributed by atoms with E-state index in [0.717, 1.165) is 16.7 Å². The van der Waals surface area contributed by atoms with E-state index in [-0.39, 0.29) is 11.4 Å². The molecule has 0 bridgehead atoms. The molecule has 2 amide bonds. The standard InChI is InChI=1S/C36H38FN5O5S/c1-34(2,3)46-32(45)35(4,5)47-42-29(31(44)40-28-26(21-37)38-30(28)43)27-22-48-33(39-27)41-36(23-15-9-6-10-16-23,24-17-11-7-12-18-24)25-19-13-8-14-20-25/h6-20,22,26,28H,21H2,1-5H3,(H,38,43)(H,39,41)(H,40,44)/b42-29+. The average molecular weight is 672 g/mol. The van der Waals surface area contributed by atoms with Crippen LogP contribution in [0.15, 0.2) is 102 Å². The van der Waals surface area contributed by atoms with E-state index in [9.17, 15) is 18.8 Å². The Kier molecular flexibility index (Phi) is 9.95. The molecule has 0 saturated carbocycles. The predicted molar refractivity (Wildman–Crippen MR) is 182 cm³/mol. The largest absolute Gasteiger partial charge is 0.457 e. The zero-order valence-corrected chi connectivity index (χ0v) is 28.1. The number of carbonyl (C=O) groups is 3. The van der Waals surface area contributed by atoms with Crippen LogP contribution >= 0.6 is 11.3 Å². The van der Waals surface area contributed by atoms with Crippen LogP contribution in [0.25, 0.3) is 0 Å². The van der Waals surface area contributed by atoms with E-state index >= 15 is 0 Å². The molecule has 2 unspecified atom stereocenters. The molecular formula is C36H38FN5O5S. The Labute approximate surface area is 282 Å². The maximum absolute atomic E-state index is 13.6. The molecule has 12 heteroatoms. The Morgan fingerprint density at radius 1 is 0.896 bits per heavy atom. The lowest BCUT2D eigenvalue weighted by atomic mass is 9.77. The molecule has 10 nitrogen and oxygen atoms in total. The van der Waals surface area contributed by atoms with E-state index in [1.54, 1.807) is 26.2 Å². The van der Waals surface area contributed by atoms with Gasteiger partial charge in [0.25, 0.3) is 5.91 Å². The van der Waals surface area contributed by atoms with E-state index in [2.05, 4.69) is 21.1 Å². The SMILES string of the molecule is CC(C)(C)OC(=O)C(C)(C)O/N=C(/C(=O)NC1C(=O)NC1CF)c1csc(NC(c2ccccc2)(c2ccccc2)c2ccccc2)n1. The van der Waals surface area contributed by atoms with Crippen molar-refractivity contribution in [1.29, 1.82) is 0 Å². The number of β-lactam (4-membered cyclic amide) rings is 1. The number of alkyl halides is 1. The summed E-state index contributed by atoms with van der Waals surface area (Å²) in [5.41, 5.74) is -0.638. The Morgan fingerprint density at radius 2 is 1.42 bits per heavy atom. The van der Waals surface area contributed by atoms with Crippen molar-refractivity contribution in [1.82, 2.24) is 15.6 Å². The van der Waals surface area contributed by atoms with Crippen LogP contribution in [0.2, 0.25) is 0 Å². The van der Waals surface area contributed by atoms with Crippen molar-refractivity contribution < 1.29 is 28.3 Å². The Balaban J connectivity index is 1.55. The number of nitrogens with zero attached hydrogens (tertiary/aromatic N) is 2. The summed E-state index contributed by atoms with van der Waals surface area (Å²) in [4.78, 5) is 49.1. The number of anilines is 1. The lowest BCUT2D eigenvalue weighted by Gasteiger charge is -2.36. The summed E-state index contributed by atoms with van der Waals surface area (Å²) in [6, 6.07) is 27.8. The summed E-state index contributed by atoms with van der Waals surface area (Å²) in [7, 11) is 0. The fourth-order valence-corrected chi connectivity index (χ4v) is 5.88.